The molecule has 2 unspecified atom stereocenters. The van der Waals surface area contributed by atoms with Crippen molar-refractivity contribution >= 4 is 0 Å². The summed E-state index contributed by atoms with van der Waals surface area (Å²) in [4.78, 5) is 2.52. The zero-order valence-corrected chi connectivity index (χ0v) is 13.7. The molecule has 1 aromatic heterocycles. The molecule has 1 aromatic carbocycles. The number of nitrogens with zero attached hydrogens (tertiary/aromatic N) is 3. The average molecular weight is 311 g/mol. The standard InChI is InChI=1S/C19H25N3O/c1-21-10-17(18(20-21)14-6-3-2-4-7-14)13-22-11-15-8-5-9-16(12-22)19(15)23/h2-4,6-7,10,15-16,19,23H,5,8-9,11-13H2,1H3. The van der Waals surface area contributed by atoms with Gasteiger partial charge in [-0.2, -0.15) is 5.10 Å². The van der Waals surface area contributed by atoms with Gasteiger partial charge in [-0.1, -0.05) is 36.8 Å². The van der Waals surface area contributed by atoms with E-state index in [0.29, 0.717) is 11.8 Å². The molecule has 122 valence electrons. The third-order valence-electron chi connectivity index (χ3n) is 5.45. The van der Waals surface area contributed by atoms with Crippen LogP contribution in [0.25, 0.3) is 11.3 Å². The highest BCUT2D eigenvalue weighted by molar-refractivity contribution is 5.62. The van der Waals surface area contributed by atoms with Gasteiger partial charge in [0, 0.05) is 44.0 Å². The number of aliphatic hydroxyl groups is 1. The first-order valence-electron chi connectivity index (χ1n) is 8.69. The Balaban J connectivity index is 1.56. The minimum atomic E-state index is -0.0810. The molecule has 1 aliphatic heterocycles. The highest BCUT2D eigenvalue weighted by Gasteiger charge is 2.38. The second-order valence-corrected chi connectivity index (χ2v) is 7.18. The van der Waals surface area contributed by atoms with Gasteiger partial charge in [-0.15, -0.1) is 0 Å². The van der Waals surface area contributed by atoms with Crippen molar-refractivity contribution in [3.05, 3.63) is 42.1 Å². The van der Waals surface area contributed by atoms with Crippen molar-refractivity contribution in [3.63, 3.8) is 0 Å². The summed E-state index contributed by atoms with van der Waals surface area (Å²) < 4.78 is 1.91. The van der Waals surface area contributed by atoms with Gasteiger partial charge in [-0.25, -0.2) is 0 Å². The van der Waals surface area contributed by atoms with Crippen LogP contribution < -0.4 is 0 Å². The van der Waals surface area contributed by atoms with Gasteiger partial charge in [0.1, 0.15) is 0 Å². The number of aliphatic hydroxyl groups excluding tert-OH is 1. The van der Waals surface area contributed by atoms with Crippen LogP contribution in [0.5, 0.6) is 0 Å². The highest BCUT2D eigenvalue weighted by Crippen LogP contribution is 2.36. The minimum Gasteiger partial charge on any atom is -0.392 e. The van der Waals surface area contributed by atoms with Crippen LogP contribution in [0.1, 0.15) is 24.8 Å². The van der Waals surface area contributed by atoms with Crippen LogP contribution in [0.15, 0.2) is 36.5 Å². The number of hydrogen-bond donors (Lipinski definition) is 1. The molecule has 1 saturated heterocycles. The fraction of sp³-hybridized carbons (Fsp3) is 0.526. The Morgan fingerprint density at radius 3 is 2.52 bits per heavy atom. The van der Waals surface area contributed by atoms with E-state index in [1.165, 1.54) is 30.4 Å². The normalized spacial score (nSPS) is 28.0. The van der Waals surface area contributed by atoms with Gasteiger partial charge in [0.05, 0.1) is 11.8 Å². The number of piperidine rings is 1. The molecule has 2 heterocycles. The SMILES string of the molecule is Cn1cc(CN2CC3CCCC(C2)C3O)c(-c2ccccc2)n1. The number of aryl methyl sites for hydroxylation is 1. The fourth-order valence-electron chi connectivity index (χ4n) is 4.37. The van der Waals surface area contributed by atoms with Crippen molar-refractivity contribution < 1.29 is 5.11 Å². The summed E-state index contributed by atoms with van der Waals surface area (Å²) in [5.41, 5.74) is 3.55. The van der Waals surface area contributed by atoms with E-state index in [0.717, 1.165) is 25.3 Å². The maximum absolute atomic E-state index is 10.4. The topological polar surface area (TPSA) is 41.3 Å². The monoisotopic (exact) mass is 311 g/mol. The Morgan fingerprint density at radius 2 is 1.83 bits per heavy atom. The fourth-order valence-corrected chi connectivity index (χ4v) is 4.37. The molecule has 2 fully saturated rings. The smallest absolute Gasteiger partial charge is 0.0968 e. The maximum Gasteiger partial charge on any atom is 0.0968 e. The molecule has 0 spiro atoms. The molecule has 1 N–H and O–H groups in total. The molecule has 4 heteroatoms. The second kappa shape index (κ2) is 6.10. The predicted octanol–water partition coefficient (Wildman–Crippen LogP) is 2.68. The van der Waals surface area contributed by atoms with Gasteiger partial charge in [0.15, 0.2) is 0 Å². The van der Waals surface area contributed by atoms with E-state index < -0.39 is 0 Å². The predicted molar refractivity (Wildman–Crippen MR) is 90.8 cm³/mol. The maximum atomic E-state index is 10.4. The average Bonchev–Trinajstić information content (AvgIpc) is 2.90. The molecule has 1 aliphatic carbocycles. The second-order valence-electron chi connectivity index (χ2n) is 7.18. The molecule has 2 atom stereocenters. The van der Waals surface area contributed by atoms with E-state index in [1.54, 1.807) is 0 Å². The third kappa shape index (κ3) is 2.93. The number of rotatable bonds is 3. The zero-order chi connectivity index (χ0) is 15.8. The summed E-state index contributed by atoms with van der Waals surface area (Å²) in [6, 6.07) is 10.4. The molecular weight excluding hydrogens is 286 g/mol. The van der Waals surface area contributed by atoms with Crippen molar-refractivity contribution in [1.29, 1.82) is 0 Å². The lowest BCUT2D eigenvalue weighted by molar-refractivity contribution is -0.0516. The zero-order valence-electron chi connectivity index (χ0n) is 13.7. The molecule has 4 nitrogen and oxygen atoms in total. The van der Waals surface area contributed by atoms with Gasteiger partial charge in [0.2, 0.25) is 0 Å². The van der Waals surface area contributed by atoms with Crippen LogP contribution in [0.3, 0.4) is 0 Å². The van der Waals surface area contributed by atoms with Crippen molar-refractivity contribution in [1.82, 2.24) is 14.7 Å². The van der Waals surface area contributed by atoms with E-state index >= 15 is 0 Å². The molecule has 4 rings (SSSR count). The molecule has 1 saturated carbocycles. The Kier molecular flexibility index (Phi) is 3.95. The first kappa shape index (κ1) is 14.9. The first-order chi connectivity index (χ1) is 11.2. The lowest BCUT2D eigenvalue weighted by atomic mass is 9.75. The van der Waals surface area contributed by atoms with Gasteiger partial charge < -0.3 is 5.11 Å². The van der Waals surface area contributed by atoms with Crippen LogP contribution in [0.4, 0.5) is 0 Å². The summed E-state index contributed by atoms with van der Waals surface area (Å²) >= 11 is 0. The number of aromatic nitrogens is 2. The largest absolute Gasteiger partial charge is 0.392 e. The number of likely N-dealkylation sites (tertiary alicyclic amines) is 1. The number of benzene rings is 1. The molecule has 2 aromatic rings. The third-order valence-corrected chi connectivity index (χ3v) is 5.45. The molecule has 0 amide bonds. The molecule has 2 aliphatic rings. The molecule has 0 radical (unpaired) electrons. The van der Waals surface area contributed by atoms with Crippen molar-refractivity contribution in [2.45, 2.75) is 31.9 Å². The van der Waals surface area contributed by atoms with E-state index in [1.807, 2.05) is 17.8 Å². The lowest BCUT2D eigenvalue weighted by Gasteiger charge is -2.45. The Hall–Kier alpha value is -1.65. The van der Waals surface area contributed by atoms with Gasteiger partial charge >= 0.3 is 0 Å². The molecule has 23 heavy (non-hydrogen) atoms. The van der Waals surface area contributed by atoms with Crippen LogP contribution in [-0.2, 0) is 13.6 Å². The summed E-state index contributed by atoms with van der Waals surface area (Å²) in [6.45, 7) is 2.96. The molecular formula is C19H25N3O. The van der Waals surface area contributed by atoms with Crippen LogP contribution in [-0.4, -0.2) is 39.0 Å². The van der Waals surface area contributed by atoms with E-state index in [-0.39, 0.29) is 6.10 Å². The van der Waals surface area contributed by atoms with Crippen molar-refractivity contribution in [2.24, 2.45) is 18.9 Å². The van der Waals surface area contributed by atoms with Gasteiger partial charge in [-0.05, 0) is 24.7 Å². The summed E-state index contributed by atoms with van der Waals surface area (Å²) in [5.74, 6) is 0.915. The van der Waals surface area contributed by atoms with Crippen molar-refractivity contribution in [2.75, 3.05) is 13.1 Å². The quantitative estimate of drug-likeness (QED) is 0.947. The van der Waals surface area contributed by atoms with Gasteiger partial charge in [-0.3, -0.25) is 9.58 Å². The van der Waals surface area contributed by atoms with Crippen LogP contribution in [0.2, 0.25) is 0 Å². The summed E-state index contributed by atoms with van der Waals surface area (Å²) in [5, 5.41) is 15.0. The van der Waals surface area contributed by atoms with Crippen LogP contribution in [0, 0.1) is 11.8 Å². The Bertz CT molecular complexity index is 653. The van der Waals surface area contributed by atoms with Crippen molar-refractivity contribution in [3.8, 4) is 11.3 Å². The lowest BCUT2D eigenvalue weighted by Crippen LogP contribution is -2.51. The molecule has 2 bridgehead atoms. The Morgan fingerprint density at radius 1 is 1.13 bits per heavy atom. The van der Waals surface area contributed by atoms with E-state index in [4.69, 9.17) is 0 Å². The Labute approximate surface area is 137 Å². The van der Waals surface area contributed by atoms with E-state index in [9.17, 15) is 5.11 Å². The first-order valence-corrected chi connectivity index (χ1v) is 8.69. The van der Waals surface area contributed by atoms with Gasteiger partial charge in [0.25, 0.3) is 0 Å². The van der Waals surface area contributed by atoms with Crippen LogP contribution >= 0.6 is 0 Å². The summed E-state index contributed by atoms with van der Waals surface area (Å²) in [7, 11) is 1.99. The van der Waals surface area contributed by atoms with E-state index in [2.05, 4.69) is 40.5 Å². The summed E-state index contributed by atoms with van der Waals surface area (Å²) in [6.07, 6.45) is 5.69. The number of hydrogen-bond acceptors (Lipinski definition) is 3. The minimum absolute atomic E-state index is 0.0810. The highest BCUT2D eigenvalue weighted by atomic mass is 16.3. The number of fused-ring (bicyclic) bond motifs is 2.